The normalized spacial score (nSPS) is 10.8. The number of pyridine rings is 1. The van der Waals surface area contributed by atoms with Gasteiger partial charge in [0.15, 0.2) is 17.2 Å². The predicted molar refractivity (Wildman–Crippen MR) is 129 cm³/mol. The maximum Gasteiger partial charge on any atom is 0.277 e. The van der Waals surface area contributed by atoms with Gasteiger partial charge in [0.2, 0.25) is 6.33 Å². The van der Waals surface area contributed by atoms with Crippen molar-refractivity contribution in [3.63, 3.8) is 0 Å². The van der Waals surface area contributed by atoms with Crippen molar-refractivity contribution in [2.45, 2.75) is 0 Å². The second kappa shape index (κ2) is 8.60. The molecule has 4 heterocycles. The first-order valence-electron chi connectivity index (χ1n) is 10.3. The molecule has 0 aliphatic rings. The lowest BCUT2D eigenvalue weighted by molar-refractivity contribution is 0.418. The standard InChI is InChI=1S/C22H19N11O2/c1-23-15-9-16(25-10-24-15)28-17-8-14(18-21(29-17)31-33(3)22(18)34)27-13-7-5-6-12(19(13)35-4)20-26-11-32(2)30-20/h5-11H,2-4H3,(H3,24,25,27,28,29,31). The molecule has 13 heteroatoms. The van der Waals surface area contributed by atoms with E-state index < -0.39 is 0 Å². The number of aromatic nitrogens is 8. The second-order valence-electron chi connectivity index (χ2n) is 7.51. The lowest BCUT2D eigenvalue weighted by Crippen LogP contribution is -2.12. The van der Waals surface area contributed by atoms with Gasteiger partial charge in [0.25, 0.3) is 11.4 Å². The van der Waals surface area contributed by atoms with Gasteiger partial charge in [-0.1, -0.05) is 12.6 Å². The fourth-order valence-corrected chi connectivity index (χ4v) is 3.63. The Bertz CT molecular complexity index is 1660. The number of fused-ring (bicyclic) bond motifs is 1. The predicted octanol–water partition coefficient (Wildman–Crippen LogP) is 2.89. The smallest absolute Gasteiger partial charge is 0.277 e. The Labute approximate surface area is 198 Å². The summed E-state index contributed by atoms with van der Waals surface area (Å²) in [6, 6.07) is 8.71. The average molecular weight is 469 g/mol. The molecule has 0 bridgehead atoms. The quantitative estimate of drug-likeness (QED) is 0.320. The van der Waals surface area contributed by atoms with Crippen LogP contribution in [-0.4, -0.2) is 46.6 Å². The number of nitrogens with zero attached hydrogens (tertiary/aromatic N) is 8. The van der Waals surface area contributed by atoms with Crippen LogP contribution in [0.3, 0.4) is 0 Å². The summed E-state index contributed by atoms with van der Waals surface area (Å²) in [7, 11) is 4.95. The molecular formula is C22H19N11O2. The minimum Gasteiger partial charge on any atom is -0.494 e. The van der Waals surface area contributed by atoms with Gasteiger partial charge in [-0.05, 0) is 12.1 Å². The van der Waals surface area contributed by atoms with E-state index in [1.165, 1.54) is 17.1 Å². The van der Waals surface area contributed by atoms with E-state index in [2.05, 4.69) is 45.6 Å². The van der Waals surface area contributed by atoms with Crippen LogP contribution in [0.5, 0.6) is 5.75 Å². The number of hydrogen-bond donors (Lipinski definition) is 3. The van der Waals surface area contributed by atoms with Gasteiger partial charge in [-0.2, -0.15) is 10.1 Å². The summed E-state index contributed by atoms with van der Waals surface area (Å²) in [5.41, 5.74) is 1.91. The molecule has 5 rings (SSSR count). The number of aryl methyl sites for hydroxylation is 2. The van der Waals surface area contributed by atoms with Crippen LogP contribution in [0, 0.1) is 6.57 Å². The van der Waals surface area contributed by atoms with E-state index >= 15 is 0 Å². The van der Waals surface area contributed by atoms with E-state index in [9.17, 15) is 4.79 Å². The third-order valence-corrected chi connectivity index (χ3v) is 5.16. The van der Waals surface area contributed by atoms with Crippen molar-refractivity contribution >= 4 is 39.9 Å². The molecule has 0 amide bonds. The van der Waals surface area contributed by atoms with Crippen LogP contribution in [0.1, 0.15) is 0 Å². The number of hydrogen-bond acceptors (Lipinski definition) is 9. The molecule has 0 saturated heterocycles. The van der Waals surface area contributed by atoms with Crippen LogP contribution in [0.15, 0.2) is 47.8 Å². The molecule has 0 radical (unpaired) electrons. The molecule has 13 nitrogen and oxygen atoms in total. The molecular weight excluding hydrogens is 450 g/mol. The summed E-state index contributed by atoms with van der Waals surface area (Å²) in [4.78, 5) is 33.0. The van der Waals surface area contributed by atoms with E-state index in [0.29, 0.717) is 51.2 Å². The number of para-hydroxylation sites is 1. The number of anilines is 4. The number of nitrogens with one attached hydrogen (secondary N) is 3. The Kier molecular flexibility index (Phi) is 5.30. The summed E-state index contributed by atoms with van der Waals surface area (Å²) in [5, 5.41) is 14.0. The Hall–Kier alpha value is -5.25. The van der Waals surface area contributed by atoms with Gasteiger partial charge in [-0.25, -0.2) is 9.97 Å². The van der Waals surface area contributed by atoms with Crippen molar-refractivity contribution in [3.8, 4) is 17.1 Å². The Morgan fingerprint density at radius 2 is 1.94 bits per heavy atom. The van der Waals surface area contributed by atoms with Gasteiger partial charge in [0.05, 0.1) is 24.0 Å². The SMILES string of the molecule is [C-]#[N+]c1cc(Nc2cc(Nc3cccc(-c4ncn(C)n4)c3OC)c3c(=O)n(C)[nH]c3n2)ncn1. The average Bonchev–Trinajstić information content (AvgIpc) is 3.41. The highest BCUT2D eigenvalue weighted by Crippen LogP contribution is 2.37. The zero-order chi connectivity index (χ0) is 24.5. The summed E-state index contributed by atoms with van der Waals surface area (Å²) < 4.78 is 8.65. The second-order valence-corrected chi connectivity index (χ2v) is 7.51. The molecule has 35 heavy (non-hydrogen) atoms. The molecule has 0 unspecified atom stereocenters. The number of methoxy groups -OCH3 is 1. The Morgan fingerprint density at radius 3 is 2.69 bits per heavy atom. The summed E-state index contributed by atoms with van der Waals surface area (Å²) in [6.07, 6.45) is 2.90. The van der Waals surface area contributed by atoms with Crippen LogP contribution < -0.4 is 20.9 Å². The molecule has 4 aromatic heterocycles. The van der Waals surface area contributed by atoms with Crippen LogP contribution in [0.25, 0.3) is 27.3 Å². The molecule has 0 saturated carbocycles. The maximum absolute atomic E-state index is 12.9. The summed E-state index contributed by atoms with van der Waals surface area (Å²) in [5.74, 6) is 2.01. The molecule has 0 aliphatic heterocycles. The minimum atomic E-state index is -0.250. The van der Waals surface area contributed by atoms with Crippen LogP contribution >= 0.6 is 0 Å². The van der Waals surface area contributed by atoms with E-state index in [1.807, 2.05) is 18.2 Å². The first-order valence-corrected chi connectivity index (χ1v) is 10.3. The van der Waals surface area contributed by atoms with Gasteiger partial charge in [0.1, 0.15) is 23.3 Å². The maximum atomic E-state index is 12.9. The van der Waals surface area contributed by atoms with Crippen LogP contribution in [0.2, 0.25) is 0 Å². The van der Waals surface area contributed by atoms with Crippen molar-refractivity contribution in [2.75, 3.05) is 17.7 Å². The van der Waals surface area contributed by atoms with E-state index in [1.54, 1.807) is 38.3 Å². The molecule has 0 fully saturated rings. The third-order valence-electron chi connectivity index (χ3n) is 5.16. The zero-order valence-electron chi connectivity index (χ0n) is 18.9. The van der Waals surface area contributed by atoms with Crippen molar-refractivity contribution in [2.24, 2.45) is 14.1 Å². The van der Waals surface area contributed by atoms with Gasteiger partial charge < -0.3 is 20.2 Å². The number of ether oxygens (including phenoxy) is 1. The zero-order valence-corrected chi connectivity index (χ0v) is 18.9. The van der Waals surface area contributed by atoms with Crippen molar-refractivity contribution in [1.29, 1.82) is 0 Å². The van der Waals surface area contributed by atoms with Gasteiger partial charge in [-0.3, -0.25) is 19.3 Å². The lowest BCUT2D eigenvalue weighted by Gasteiger charge is -2.15. The number of benzene rings is 1. The highest BCUT2D eigenvalue weighted by atomic mass is 16.5. The molecule has 0 spiro atoms. The number of aromatic amines is 1. The summed E-state index contributed by atoms with van der Waals surface area (Å²) >= 11 is 0. The monoisotopic (exact) mass is 469 g/mol. The lowest BCUT2D eigenvalue weighted by atomic mass is 10.1. The fourth-order valence-electron chi connectivity index (χ4n) is 3.63. The minimum absolute atomic E-state index is 0.194. The van der Waals surface area contributed by atoms with Gasteiger partial charge in [-0.15, -0.1) is 4.98 Å². The van der Waals surface area contributed by atoms with Gasteiger partial charge in [0, 0.05) is 26.2 Å². The molecule has 0 aliphatic carbocycles. The van der Waals surface area contributed by atoms with Crippen molar-refractivity contribution in [3.05, 3.63) is 64.8 Å². The van der Waals surface area contributed by atoms with Crippen LogP contribution in [0.4, 0.5) is 28.8 Å². The third kappa shape index (κ3) is 4.00. The van der Waals surface area contributed by atoms with E-state index in [4.69, 9.17) is 11.3 Å². The van der Waals surface area contributed by atoms with E-state index in [-0.39, 0.29) is 11.4 Å². The molecule has 5 aromatic rings. The molecule has 0 atom stereocenters. The molecule has 3 N–H and O–H groups in total. The number of H-pyrrole nitrogens is 1. The Balaban J connectivity index is 1.61. The first-order chi connectivity index (χ1) is 17.0. The van der Waals surface area contributed by atoms with Gasteiger partial charge >= 0.3 is 0 Å². The van der Waals surface area contributed by atoms with E-state index in [0.717, 1.165) is 0 Å². The largest absolute Gasteiger partial charge is 0.494 e. The molecule has 1 aromatic carbocycles. The molecule has 174 valence electrons. The van der Waals surface area contributed by atoms with Crippen LogP contribution in [-0.2, 0) is 14.1 Å². The fraction of sp³-hybridized carbons (Fsp3) is 0.136. The summed E-state index contributed by atoms with van der Waals surface area (Å²) in [6.45, 7) is 7.15. The topological polar surface area (TPSA) is 145 Å². The van der Waals surface area contributed by atoms with Crippen molar-refractivity contribution < 1.29 is 4.74 Å². The van der Waals surface area contributed by atoms with Crippen molar-refractivity contribution in [1.82, 2.24) is 39.5 Å². The first kappa shape index (κ1) is 21.6. The highest BCUT2D eigenvalue weighted by Gasteiger charge is 2.18. The Morgan fingerprint density at radius 1 is 1.09 bits per heavy atom. The number of rotatable bonds is 6. The highest BCUT2D eigenvalue weighted by molar-refractivity contribution is 5.94.